The molecule has 0 saturated heterocycles. The molecule has 0 spiro atoms. The zero-order valence-electron chi connectivity index (χ0n) is 8.91. The van der Waals surface area contributed by atoms with E-state index in [2.05, 4.69) is 13.2 Å². The van der Waals surface area contributed by atoms with Gasteiger partial charge in [0.1, 0.15) is 5.60 Å². The number of ether oxygens (including phenoxy) is 2. The first kappa shape index (κ1) is 12.9. The van der Waals surface area contributed by atoms with Gasteiger partial charge in [0.2, 0.25) is 0 Å². The topological polar surface area (TPSA) is 35.5 Å². The second kappa shape index (κ2) is 6.38. The Morgan fingerprint density at radius 1 is 1.36 bits per heavy atom. The molecule has 0 rings (SSSR count). The lowest BCUT2D eigenvalue weighted by atomic mass is 9.96. The van der Waals surface area contributed by atoms with Crippen molar-refractivity contribution in [3.63, 3.8) is 0 Å². The molecule has 0 aromatic rings. The first-order chi connectivity index (χ1) is 6.60. The molecule has 0 aliphatic heterocycles. The van der Waals surface area contributed by atoms with Gasteiger partial charge in [0.25, 0.3) is 0 Å². The molecule has 0 atom stereocenters. The molecule has 0 unspecified atom stereocenters. The van der Waals surface area contributed by atoms with Crippen LogP contribution in [0.2, 0.25) is 0 Å². The van der Waals surface area contributed by atoms with E-state index >= 15 is 0 Å². The predicted octanol–water partition coefficient (Wildman–Crippen LogP) is 2.09. The monoisotopic (exact) mass is 198 g/mol. The molecule has 0 aliphatic rings. The van der Waals surface area contributed by atoms with E-state index in [9.17, 15) is 4.79 Å². The lowest BCUT2D eigenvalue weighted by molar-refractivity contribution is -0.162. The van der Waals surface area contributed by atoms with Gasteiger partial charge >= 0.3 is 5.97 Å². The van der Waals surface area contributed by atoms with Crippen LogP contribution in [0.4, 0.5) is 0 Å². The van der Waals surface area contributed by atoms with E-state index < -0.39 is 5.60 Å². The molecule has 0 saturated carbocycles. The molecule has 0 aromatic heterocycles. The quantitative estimate of drug-likeness (QED) is 0.464. The Morgan fingerprint density at radius 3 is 2.14 bits per heavy atom. The van der Waals surface area contributed by atoms with Gasteiger partial charge in [0.15, 0.2) is 0 Å². The van der Waals surface area contributed by atoms with Crippen molar-refractivity contribution in [2.75, 3.05) is 13.7 Å². The van der Waals surface area contributed by atoms with Gasteiger partial charge in [-0.05, 0) is 0 Å². The summed E-state index contributed by atoms with van der Waals surface area (Å²) >= 11 is 0. The smallest absolute Gasteiger partial charge is 0.303 e. The number of hydrogen-bond acceptors (Lipinski definition) is 3. The number of methoxy groups -OCH3 is 1. The van der Waals surface area contributed by atoms with Gasteiger partial charge in [-0.1, -0.05) is 12.2 Å². The minimum absolute atomic E-state index is 0.314. The second-order valence-electron chi connectivity index (χ2n) is 3.20. The van der Waals surface area contributed by atoms with E-state index in [1.807, 2.05) is 0 Å². The van der Waals surface area contributed by atoms with E-state index in [0.29, 0.717) is 19.4 Å². The summed E-state index contributed by atoms with van der Waals surface area (Å²) in [4.78, 5) is 10.9. The summed E-state index contributed by atoms with van der Waals surface area (Å²) in [7, 11) is 1.57. The highest BCUT2D eigenvalue weighted by Crippen LogP contribution is 2.22. The molecule has 0 radical (unpaired) electrons. The summed E-state index contributed by atoms with van der Waals surface area (Å²) in [6.07, 6.45) is 4.55. The third-order valence-electron chi connectivity index (χ3n) is 1.80. The molecule has 0 aromatic carbocycles. The fourth-order valence-corrected chi connectivity index (χ4v) is 1.41. The maximum absolute atomic E-state index is 10.9. The van der Waals surface area contributed by atoms with Crippen LogP contribution in [0.5, 0.6) is 0 Å². The van der Waals surface area contributed by atoms with Crippen LogP contribution in [0.15, 0.2) is 25.3 Å². The van der Waals surface area contributed by atoms with Crippen molar-refractivity contribution in [1.82, 2.24) is 0 Å². The van der Waals surface area contributed by atoms with Crippen LogP contribution >= 0.6 is 0 Å². The maximum atomic E-state index is 10.9. The SMILES string of the molecule is C=CCC(CC=C)(COC)OC(C)=O. The molecule has 0 amide bonds. The zero-order valence-corrected chi connectivity index (χ0v) is 8.91. The van der Waals surface area contributed by atoms with Gasteiger partial charge in [-0.2, -0.15) is 0 Å². The van der Waals surface area contributed by atoms with Gasteiger partial charge in [-0.3, -0.25) is 4.79 Å². The number of rotatable bonds is 7. The van der Waals surface area contributed by atoms with Crippen molar-refractivity contribution < 1.29 is 14.3 Å². The van der Waals surface area contributed by atoms with Crippen molar-refractivity contribution in [2.45, 2.75) is 25.4 Å². The minimum Gasteiger partial charge on any atom is -0.456 e. The molecular formula is C11H18O3. The Balaban J connectivity index is 4.60. The van der Waals surface area contributed by atoms with E-state index in [1.165, 1.54) is 6.92 Å². The fraction of sp³-hybridized carbons (Fsp3) is 0.545. The van der Waals surface area contributed by atoms with Gasteiger partial charge < -0.3 is 9.47 Å². The van der Waals surface area contributed by atoms with Crippen LogP contribution in [0.1, 0.15) is 19.8 Å². The highest BCUT2D eigenvalue weighted by molar-refractivity contribution is 5.66. The van der Waals surface area contributed by atoms with Crippen molar-refractivity contribution in [2.24, 2.45) is 0 Å². The summed E-state index contributed by atoms with van der Waals surface area (Å²) in [5.74, 6) is -0.314. The van der Waals surface area contributed by atoms with Crippen molar-refractivity contribution in [3.05, 3.63) is 25.3 Å². The van der Waals surface area contributed by atoms with Crippen LogP contribution in [-0.4, -0.2) is 25.3 Å². The molecule has 80 valence electrons. The Bertz CT molecular complexity index is 199. The van der Waals surface area contributed by atoms with E-state index in [-0.39, 0.29) is 5.97 Å². The van der Waals surface area contributed by atoms with Gasteiger partial charge in [-0.15, -0.1) is 13.2 Å². The van der Waals surface area contributed by atoms with E-state index in [1.54, 1.807) is 19.3 Å². The Kier molecular flexibility index (Phi) is 5.88. The van der Waals surface area contributed by atoms with Gasteiger partial charge in [-0.25, -0.2) is 0 Å². The van der Waals surface area contributed by atoms with Gasteiger partial charge in [0.05, 0.1) is 6.61 Å². The number of esters is 1. The minimum atomic E-state index is -0.635. The molecule has 0 heterocycles. The third-order valence-corrected chi connectivity index (χ3v) is 1.80. The Morgan fingerprint density at radius 2 is 1.86 bits per heavy atom. The summed E-state index contributed by atoms with van der Waals surface area (Å²) < 4.78 is 10.3. The van der Waals surface area contributed by atoms with Crippen LogP contribution < -0.4 is 0 Å². The second-order valence-corrected chi connectivity index (χ2v) is 3.20. The highest BCUT2D eigenvalue weighted by Gasteiger charge is 2.30. The Labute approximate surface area is 85.4 Å². The summed E-state index contributed by atoms with van der Waals surface area (Å²) in [5, 5.41) is 0. The summed E-state index contributed by atoms with van der Waals surface area (Å²) in [5.41, 5.74) is -0.635. The summed E-state index contributed by atoms with van der Waals surface area (Å²) in [6.45, 7) is 9.01. The number of carbonyl (C=O) groups excluding carboxylic acids is 1. The average Bonchev–Trinajstić information content (AvgIpc) is 2.03. The molecule has 3 nitrogen and oxygen atoms in total. The molecule has 0 N–H and O–H groups in total. The number of hydrogen-bond donors (Lipinski definition) is 0. The van der Waals surface area contributed by atoms with Gasteiger partial charge in [0, 0.05) is 26.9 Å². The lowest BCUT2D eigenvalue weighted by Crippen LogP contribution is -2.38. The molecule has 0 aliphatic carbocycles. The first-order valence-electron chi connectivity index (χ1n) is 4.50. The average molecular weight is 198 g/mol. The van der Waals surface area contributed by atoms with Crippen LogP contribution in [0.3, 0.4) is 0 Å². The fourth-order valence-electron chi connectivity index (χ4n) is 1.41. The number of carbonyl (C=O) groups is 1. The highest BCUT2D eigenvalue weighted by atomic mass is 16.6. The van der Waals surface area contributed by atoms with Crippen LogP contribution in [-0.2, 0) is 14.3 Å². The molecule has 0 bridgehead atoms. The molecule has 3 heteroatoms. The third kappa shape index (κ3) is 4.23. The maximum Gasteiger partial charge on any atom is 0.303 e. The van der Waals surface area contributed by atoms with E-state index in [4.69, 9.17) is 9.47 Å². The molecule has 14 heavy (non-hydrogen) atoms. The predicted molar refractivity (Wildman–Crippen MR) is 56.0 cm³/mol. The first-order valence-corrected chi connectivity index (χ1v) is 4.50. The largest absolute Gasteiger partial charge is 0.456 e. The standard InChI is InChI=1S/C11H18O3/c1-5-7-11(8-6-2,9-13-4)14-10(3)12/h5-6H,1-2,7-9H2,3-4H3. The van der Waals surface area contributed by atoms with Crippen LogP contribution in [0.25, 0.3) is 0 Å². The van der Waals surface area contributed by atoms with Crippen molar-refractivity contribution in [3.8, 4) is 0 Å². The lowest BCUT2D eigenvalue weighted by Gasteiger charge is -2.30. The molecular weight excluding hydrogens is 180 g/mol. The summed E-state index contributed by atoms with van der Waals surface area (Å²) in [6, 6.07) is 0. The van der Waals surface area contributed by atoms with E-state index in [0.717, 1.165) is 0 Å². The molecule has 0 fully saturated rings. The zero-order chi connectivity index (χ0) is 11.0. The Hall–Kier alpha value is -1.09. The van der Waals surface area contributed by atoms with Crippen LogP contribution in [0, 0.1) is 0 Å². The van der Waals surface area contributed by atoms with Crippen molar-refractivity contribution >= 4 is 5.97 Å². The van der Waals surface area contributed by atoms with Crippen molar-refractivity contribution in [1.29, 1.82) is 0 Å². The normalized spacial score (nSPS) is 10.7.